The lowest BCUT2D eigenvalue weighted by atomic mass is 10.2. The van der Waals surface area contributed by atoms with Gasteiger partial charge in [0.25, 0.3) is 0 Å². The maximum absolute atomic E-state index is 14.2. The van der Waals surface area contributed by atoms with Crippen LogP contribution in [0, 0.1) is 18.2 Å². The van der Waals surface area contributed by atoms with E-state index in [1.54, 1.807) is 0 Å². The molecule has 0 aliphatic rings. The van der Waals surface area contributed by atoms with E-state index >= 15 is 0 Å². The van der Waals surface area contributed by atoms with Crippen molar-refractivity contribution in [2.75, 3.05) is 12.4 Å². The summed E-state index contributed by atoms with van der Waals surface area (Å²) in [4.78, 5) is 35.1. The Bertz CT molecular complexity index is 985. The van der Waals surface area contributed by atoms with Gasteiger partial charge in [0.05, 0.1) is 29.6 Å². The van der Waals surface area contributed by atoms with E-state index in [4.69, 9.17) is 11.2 Å². The third kappa shape index (κ3) is 3.92. The number of aromatic nitrogens is 1. The second kappa shape index (κ2) is 7.84. The summed E-state index contributed by atoms with van der Waals surface area (Å²) in [5.41, 5.74) is 0.388. The number of ether oxygens (including phenoxy) is 2. The number of fused-ring (bicyclic) bond motifs is 1. The van der Waals surface area contributed by atoms with E-state index in [1.165, 1.54) is 17.6 Å². The number of carbonyl (C=O) groups excluding carboxylic acids is 2. The maximum Gasteiger partial charge on any atom is 0.412 e. The first-order valence-electron chi connectivity index (χ1n) is 7.25. The summed E-state index contributed by atoms with van der Waals surface area (Å²) in [6, 6.07) is 2.38. The molecule has 1 unspecified atom stereocenters. The standard InChI is InChI=1S/C17H15FN2O5S/c1-5-6-20-12-8-11(10(18)7-13(12)26-17(20)23)19-16(22)25-14(9(2)3)15(21)24-4/h1,7-8,14H,2,6H2,3-4H3,(H,19,22). The summed E-state index contributed by atoms with van der Waals surface area (Å²) in [6.07, 6.45) is 2.82. The van der Waals surface area contributed by atoms with Crippen molar-refractivity contribution in [3.05, 3.63) is 39.8 Å². The molecule has 1 amide bonds. The van der Waals surface area contributed by atoms with Crippen LogP contribution in [-0.2, 0) is 20.8 Å². The molecule has 26 heavy (non-hydrogen) atoms. The number of esters is 1. The molecule has 0 saturated carbocycles. The Labute approximate surface area is 152 Å². The highest BCUT2D eigenvalue weighted by Crippen LogP contribution is 2.25. The van der Waals surface area contributed by atoms with Crippen molar-refractivity contribution in [3.8, 4) is 12.3 Å². The first-order valence-corrected chi connectivity index (χ1v) is 8.07. The molecule has 0 radical (unpaired) electrons. The molecule has 0 spiro atoms. The van der Waals surface area contributed by atoms with Gasteiger partial charge >= 0.3 is 16.9 Å². The minimum Gasteiger partial charge on any atom is -0.466 e. The molecule has 2 rings (SSSR count). The summed E-state index contributed by atoms with van der Waals surface area (Å²) in [6.45, 7) is 5.03. The van der Waals surface area contributed by atoms with Gasteiger partial charge in [0.15, 0.2) is 0 Å². The van der Waals surface area contributed by atoms with Crippen molar-refractivity contribution in [1.82, 2.24) is 4.57 Å². The van der Waals surface area contributed by atoms with Gasteiger partial charge in [-0.3, -0.25) is 14.7 Å². The van der Waals surface area contributed by atoms with Gasteiger partial charge in [-0.25, -0.2) is 14.0 Å². The average Bonchev–Trinajstić information content (AvgIpc) is 2.87. The fourth-order valence-corrected chi connectivity index (χ4v) is 3.02. The van der Waals surface area contributed by atoms with Crippen LogP contribution < -0.4 is 10.2 Å². The van der Waals surface area contributed by atoms with Crippen LogP contribution in [0.15, 0.2) is 29.1 Å². The predicted octanol–water partition coefficient (Wildman–Crippen LogP) is 2.50. The van der Waals surface area contributed by atoms with Crippen molar-refractivity contribution in [3.63, 3.8) is 0 Å². The summed E-state index contributed by atoms with van der Waals surface area (Å²) < 4.78 is 25.3. The lowest BCUT2D eigenvalue weighted by molar-refractivity contribution is -0.148. The number of amides is 1. The first kappa shape index (κ1) is 19.2. The number of thiazole rings is 1. The van der Waals surface area contributed by atoms with Crippen LogP contribution in [0.1, 0.15) is 6.92 Å². The molecule has 0 aliphatic carbocycles. The van der Waals surface area contributed by atoms with Gasteiger partial charge in [-0.05, 0) is 24.6 Å². The van der Waals surface area contributed by atoms with E-state index in [0.717, 1.165) is 24.5 Å². The van der Waals surface area contributed by atoms with Crippen LogP contribution in [0.4, 0.5) is 14.9 Å². The van der Waals surface area contributed by atoms with E-state index in [1.807, 2.05) is 0 Å². The second-order valence-electron chi connectivity index (χ2n) is 5.24. The SMILES string of the molecule is C#CCn1c(=O)sc2cc(F)c(NC(=O)OC(C(=C)C)C(=O)OC)cc21. The summed E-state index contributed by atoms with van der Waals surface area (Å²) in [5.74, 6) is 0.753. The lowest BCUT2D eigenvalue weighted by Crippen LogP contribution is -2.31. The number of methoxy groups -OCH3 is 1. The number of halogens is 1. The van der Waals surface area contributed by atoms with E-state index < -0.39 is 24.0 Å². The quantitative estimate of drug-likeness (QED) is 0.491. The molecule has 2 aromatic rings. The van der Waals surface area contributed by atoms with Crippen LogP contribution in [0.2, 0.25) is 0 Å². The zero-order chi connectivity index (χ0) is 19.4. The van der Waals surface area contributed by atoms with E-state index in [-0.39, 0.29) is 22.7 Å². The summed E-state index contributed by atoms with van der Waals surface area (Å²) >= 11 is 0.837. The lowest BCUT2D eigenvalue weighted by Gasteiger charge is -2.16. The number of nitrogens with one attached hydrogen (secondary N) is 1. The van der Waals surface area contributed by atoms with E-state index in [0.29, 0.717) is 10.2 Å². The third-order valence-electron chi connectivity index (χ3n) is 3.33. The molecule has 1 N–H and O–H groups in total. The molecule has 0 saturated heterocycles. The smallest absolute Gasteiger partial charge is 0.412 e. The number of benzene rings is 1. The van der Waals surface area contributed by atoms with Gasteiger partial charge < -0.3 is 9.47 Å². The van der Waals surface area contributed by atoms with E-state index in [2.05, 4.69) is 22.6 Å². The molecule has 7 nitrogen and oxygen atoms in total. The van der Waals surface area contributed by atoms with Crippen LogP contribution in [-0.4, -0.2) is 29.8 Å². The molecular weight excluding hydrogens is 363 g/mol. The van der Waals surface area contributed by atoms with Gasteiger partial charge in [-0.1, -0.05) is 23.8 Å². The van der Waals surface area contributed by atoms with Gasteiger partial charge in [-0.2, -0.15) is 0 Å². The Kier molecular flexibility index (Phi) is 5.79. The predicted molar refractivity (Wildman–Crippen MR) is 95.6 cm³/mol. The zero-order valence-electron chi connectivity index (χ0n) is 14.0. The molecule has 0 aliphatic heterocycles. The van der Waals surface area contributed by atoms with Gasteiger partial charge in [-0.15, -0.1) is 6.42 Å². The number of hydrogen-bond donors (Lipinski definition) is 1. The van der Waals surface area contributed by atoms with Crippen LogP contribution in [0.5, 0.6) is 0 Å². The monoisotopic (exact) mass is 378 g/mol. The van der Waals surface area contributed by atoms with Crippen molar-refractivity contribution in [1.29, 1.82) is 0 Å². The molecule has 1 heterocycles. The molecule has 1 aromatic heterocycles. The molecule has 9 heteroatoms. The van der Waals surface area contributed by atoms with E-state index in [9.17, 15) is 18.8 Å². The zero-order valence-corrected chi connectivity index (χ0v) is 14.8. The van der Waals surface area contributed by atoms with Crippen molar-refractivity contribution in [2.45, 2.75) is 19.6 Å². The number of hydrogen-bond acceptors (Lipinski definition) is 6. The molecule has 1 atom stereocenters. The Morgan fingerprint density at radius 2 is 2.19 bits per heavy atom. The van der Waals surface area contributed by atoms with Crippen LogP contribution >= 0.6 is 11.3 Å². The van der Waals surface area contributed by atoms with Crippen LogP contribution in [0.25, 0.3) is 10.2 Å². The number of nitrogens with zero attached hydrogens (tertiary/aromatic N) is 1. The average molecular weight is 378 g/mol. The highest BCUT2D eigenvalue weighted by atomic mass is 32.1. The Morgan fingerprint density at radius 1 is 1.50 bits per heavy atom. The minimum absolute atomic E-state index is 0.00836. The number of anilines is 1. The van der Waals surface area contributed by atoms with Crippen molar-refractivity contribution in [2.24, 2.45) is 0 Å². The normalized spacial score (nSPS) is 11.5. The second-order valence-corrected chi connectivity index (χ2v) is 6.23. The summed E-state index contributed by atoms with van der Waals surface area (Å²) in [5, 5.41) is 2.20. The van der Waals surface area contributed by atoms with Gasteiger partial charge in [0.2, 0.25) is 6.10 Å². The van der Waals surface area contributed by atoms with Gasteiger partial charge in [0, 0.05) is 0 Å². The molecule has 0 bridgehead atoms. The number of rotatable bonds is 5. The fourth-order valence-electron chi connectivity index (χ4n) is 2.12. The maximum atomic E-state index is 14.2. The molecule has 0 fully saturated rings. The highest BCUT2D eigenvalue weighted by molar-refractivity contribution is 7.16. The molecule has 136 valence electrons. The highest BCUT2D eigenvalue weighted by Gasteiger charge is 2.25. The first-order chi connectivity index (χ1) is 12.3. The van der Waals surface area contributed by atoms with Crippen molar-refractivity contribution < 1.29 is 23.5 Å². The Hall–Kier alpha value is -3.12. The summed E-state index contributed by atoms with van der Waals surface area (Å²) in [7, 11) is 1.13. The number of terminal acetylenes is 1. The van der Waals surface area contributed by atoms with Gasteiger partial charge in [0.1, 0.15) is 5.82 Å². The largest absolute Gasteiger partial charge is 0.466 e. The minimum atomic E-state index is -1.33. The molecule has 1 aromatic carbocycles. The van der Waals surface area contributed by atoms with Crippen molar-refractivity contribution >= 4 is 39.3 Å². The molecular formula is C17H15FN2O5S. The fraction of sp³-hybridized carbons (Fsp3) is 0.235. The number of carbonyl (C=O) groups is 2. The Balaban J connectivity index is 2.31. The Morgan fingerprint density at radius 3 is 2.77 bits per heavy atom. The third-order valence-corrected chi connectivity index (χ3v) is 4.27. The van der Waals surface area contributed by atoms with Crippen LogP contribution in [0.3, 0.4) is 0 Å². The topological polar surface area (TPSA) is 86.6 Å².